The summed E-state index contributed by atoms with van der Waals surface area (Å²) in [4.78, 5) is 0. The number of halogens is 1. The van der Waals surface area contributed by atoms with Crippen LogP contribution in [0.4, 0.5) is 10.1 Å². The van der Waals surface area contributed by atoms with Crippen LogP contribution < -0.4 is 5.32 Å². The van der Waals surface area contributed by atoms with Crippen molar-refractivity contribution in [3.8, 4) is 6.07 Å². The van der Waals surface area contributed by atoms with E-state index in [4.69, 9.17) is 10.00 Å². The second kappa shape index (κ2) is 5.15. The van der Waals surface area contributed by atoms with Crippen molar-refractivity contribution in [1.29, 1.82) is 5.26 Å². The van der Waals surface area contributed by atoms with Crippen LogP contribution in [0.5, 0.6) is 0 Å². The Morgan fingerprint density at radius 2 is 2.29 bits per heavy atom. The number of anilines is 1. The van der Waals surface area contributed by atoms with Gasteiger partial charge >= 0.3 is 0 Å². The Morgan fingerprint density at radius 3 is 2.94 bits per heavy atom. The molecule has 1 saturated carbocycles. The first kappa shape index (κ1) is 11.9. The third kappa shape index (κ3) is 2.75. The van der Waals surface area contributed by atoms with Gasteiger partial charge in [0.25, 0.3) is 0 Å². The van der Waals surface area contributed by atoms with Gasteiger partial charge in [-0.3, -0.25) is 0 Å². The zero-order valence-corrected chi connectivity index (χ0v) is 9.74. The van der Waals surface area contributed by atoms with Gasteiger partial charge in [-0.05, 0) is 38.0 Å². The van der Waals surface area contributed by atoms with E-state index in [1.807, 2.05) is 13.0 Å². The van der Waals surface area contributed by atoms with E-state index in [1.54, 1.807) is 12.1 Å². The Balaban J connectivity index is 1.91. The molecule has 0 radical (unpaired) electrons. The molecular formula is C13H15FN2O. The third-order valence-corrected chi connectivity index (χ3v) is 2.95. The first-order valence-electron chi connectivity index (χ1n) is 5.80. The quantitative estimate of drug-likeness (QED) is 0.871. The summed E-state index contributed by atoms with van der Waals surface area (Å²) in [5, 5.41) is 12.0. The molecule has 0 heterocycles. The Hall–Kier alpha value is -1.60. The largest absolute Gasteiger partial charge is 0.382 e. The van der Waals surface area contributed by atoms with Gasteiger partial charge in [0.15, 0.2) is 0 Å². The molecule has 90 valence electrons. The Labute approximate surface area is 100 Å². The van der Waals surface area contributed by atoms with Gasteiger partial charge in [0.05, 0.1) is 11.7 Å². The van der Waals surface area contributed by atoms with Crippen molar-refractivity contribution < 1.29 is 9.13 Å². The molecule has 1 aromatic rings. The van der Waals surface area contributed by atoms with E-state index in [1.165, 1.54) is 6.07 Å². The molecule has 17 heavy (non-hydrogen) atoms. The number of nitriles is 1. The molecule has 0 amide bonds. The number of nitrogens with zero attached hydrogens (tertiary/aromatic N) is 1. The van der Waals surface area contributed by atoms with Gasteiger partial charge in [0.1, 0.15) is 11.9 Å². The minimum atomic E-state index is -0.473. The lowest BCUT2D eigenvalue weighted by molar-refractivity contribution is 0.00299. The van der Waals surface area contributed by atoms with Crippen LogP contribution in [-0.4, -0.2) is 18.8 Å². The number of hydrogen-bond donors (Lipinski definition) is 1. The first-order chi connectivity index (χ1) is 8.22. The Kier molecular flexibility index (Phi) is 3.60. The van der Waals surface area contributed by atoms with Crippen LogP contribution in [0.1, 0.15) is 25.3 Å². The molecule has 0 aromatic heterocycles. The summed E-state index contributed by atoms with van der Waals surface area (Å²) in [5.41, 5.74) is 0.874. The standard InChI is InChI=1S/C13H15FN2O/c1-2-17-12-6-11(7-12)16-10-3-4-13(14)9(5-10)8-15/h3-5,11-12,16H,2,6-7H2,1H3. The number of ether oxygens (including phenoxy) is 1. The third-order valence-electron chi connectivity index (χ3n) is 2.95. The maximum Gasteiger partial charge on any atom is 0.141 e. The van der Waals surface area contributed by atoms with Gasteiger partial charge in [-0.1, -0.05) is 0 Å². The van der Waals surface area contributed by atoms with Crippen molar-refractivity contribution in [2.75, 3.05) is 11.9 Å². The second-order valence-corrected chi connectivity index (χ2v) is 4.20. The summed E-state index contributed by atoms with van der Waals surface area (Å²) < 4.78 is 18.6. The van der Waals surface area contributed by atoms with Crippen molar-refractivity contribution >= 4 is 5.69 Å². The van der Waals surface area contributed by atoms with Crippen molar-refractivity contribution in [3.63, 3.8) is 0 Å². The van der Waals surface area contributed by atoms with E-state index >= 15 is 0 Å². The predicted molar refractivity (Wildman–Crippen MR) is 63.2 cm³/mol. The average molecular weight is 234 g/mol. The monoisotopic (exact) mass is 234 g/mol. The summed E-state index contributed by atoms with van der Waals surface area (Å²) in [7, 11) is 0. The van der Waals surface area contributed by atoms with E-state index in [0.717, 1.165) is 25.1 Å². The molecule has 1 aliphatic carbocycles. The fourth-order valence-corrected chi connectivity index (χ4v) is 1.99. The molecule has 0 spiro atoms. The van der Waals surface area contributed by atoms with Crippen LogP contribution in [0, 0.1) is 17.1 Å². The van der Waals surface area contributed by atoms with Gasteiger partial charge < -0.3 is 10.1 Å². The van der Waals surface area contributed by atoms with Gasteiger partial charge in [0, 0.05) is 18.3 Å². The van der Waals surface area contributed by atoms with Gasteiger partial charge in [-0.2, -0.15) is 5.26 Å². The molecule has 3 nitrogen and oxygen atoms in total. The summed E-state index contributed by atoms with van der Waals surface area (Å²) in [6.45, 7) is 2.73. The highest BCUT2D eigenvalue weighted by Crippen LogP contribution is 2.27. The minimum Gasteiger partial charge on any atom is -0.382 e. The highest BCUT2D eigenvalue weighted by molar-refractivity contribution is 5.50. The van der Waals surface area contributed by atoms with Crippen molar-refractivity contribution in [3.05, 3.63) is 29.6 Å². The fraction of sp³-hybridized carbons (Fsp3) is 0.462. The molecular weight excluding hydrogens is 219 g/mol. The summed E-state index contributed by atoms with van der Waals surface area (Å²) in [5.74, 6) is -0.473. The van der Waals surface area contributed by atoms with Crippen LogP contribution in [0.2, 0.25) is 0 Å². The summed E-state index contributed by atoms with van der Waals surface area (Å²) >= 11 is 0. The normalized spacial score (nSPS) is 22.6. The molecule has 1 fully saturated rings. The van der Waals surface area contributed by atoms with E-state index in [-0.39, 0.29) is 5.56 Å². The van der Waals surface area contributed by atoms with Crippen LogP contribution in [0.15, 0.2) is 18.2 Å². The molecule has 1 aliphatic rings. The smallest absolute Gasteiger partial charge is 0.141 e. The van der Waals surface area contributed by atoms with E-state index in [2.05, 4.69) is 5.32 Å². The summed E-state index contributed by atoms with van der Waals surface area (Å²) in [6.07, 6.45) is 2.27. The highest BCUT2D eigenvalue weighted by atomic mass is 19.1. The van der Waals surface area contributed by atoms with Crippen LogP contribution in [-0.2, 0) is 4.74 Å². The second-order valence-electron chi connectivity index (χ2n) is 4.20. The molecule has 1 N–H and O–H groups in total. The highest BCUT2D eigenvalue weighted by Gasteiger charge is 2.29. The van der Waals surface area contributed by atoms with Crippen molar-refractivity contribution in [1.82, 2.24) is 0 Å². The maximum atomic E-state index is 13.1. The zero-order chi connectivity index (χ0) is 12.3. The lowest BCUT2D eigenvalue weighted by Crippen LogP contribution is -2.40. The van der Waals surface area contributed by atoms with E-state index < -0.39 is 5.82 Å². The topological polar surface area (TPSA) is 45.0 Å². The zero-order valence-electron chi connectivity index (χ0n) is 9.74. The molecule has 0 saturated heterocycles. The number of rotatable bonds is 4. The molecule has 0 atom stereocenters. The average Bonchev–Trinajstić information content (AvgIpc) is 2.28. The summed E-state index contributed by atoms with van der Waals surface area (Å²) in [6, 6.07) is 6.72. The van der Waals surface area contributed by atoms with Gasteiger partial charge in [-0.15, -0.1) is 0 Å². The number of benzene rings is 1. The molecule has 4 heteroatoms. The number of hydrogen-bond acceptors (Lipinski definition) is 3. The molecule has 1 aromatic carbocycles. The Bertz CT molecular complexity index is 436. The fourth-order valence-electron chi connectivity index (χ4n) is 1.99. The van der Waals surface area contributed by atoms with Crippen molar-refractivity contribution in [2.24, 2.45) is 0 Å². The SMILES string of the molecule is CCOC1CC(Nc2ccc(F)c(C#N)c2)C1. The first-order valence-corrected chi connectivity index (χ1v) is 5.80. The van der Waals surface area contributed by atoms with Crippen LogP contribution in [0.25, 0.3) is 0 Å². The molecule has 0 unspecified atom stereocenters. The van der Waals surface area contributed by atoms with E-state index in [0.29, 0.717) is 12.1 Å². The maximum absolute atomic E-state index is 13.1. The predicted octanol–water partition coefficient (Wildman–Crippen LogP) is 2.68. The lowest BCUT2D eigenvalue weighted by Gasteiger charge is -2.36. The lowest BCUT2D eigenvalue weighted by atomic mass is 9.89. The molecule has 2 rings (SSSR count). The number of nitrogens with one attached hydrogen (secondary N) is 1. The Morgan fingerprint density at radius 1 is 1.53 bits per heavy atom. The van der Waals surface area contributed by atoms with Crippen molar-refractivity contribution in [2.45, 2.75) is 31.9 Å². The van der Waals surface area contributed by atoms with Crippen LogP contribution >= 0.6 is 0 Å². The molecule has 0 bridgehead atoms. The minimum absolute atomic E-state index is 0.0793. The van der Waals surface area contributed by atoms with Gasteiger partial charge in [0.2, 0.25) is 0 Å². The van der Waals surface area contributed by atoms with Crippen LogP contribution in [0.3, 0.4) is 0 Å². The van der Waals surface area contributed by atoms with Gasteiger partial charge in [-0.25, -0.2) is 4.39 Å². The molecule has 0 aliphatic heterocycles. The van der Waals surface area contributed by atoms with E-state index in [9.17, 15) is 4.39 Å².